The molecule has 1 N–H and O–H groups in total. The van der Waals surface area contributed by atoms with Crippen LogP contribution in [0.5, 0.6) is 0 Å². The lowest BCUT2D eigenvalue weighted by atomic mass is 9.90. The first-order valence-electron chi connectivity index (χ1n) is 13.0. The van der Waals surface area contributed by atoms with Crippen molar-refractivity contribution in [3.63, 3.8) is 0 Å². The zero-order valence-corrected chi connectivity index (χ0v) is 22.6. The van der Waals surface area contributed by atoms with Crippen LogP contribution >= 0.6 is 0 Å². The van der Waals surface area contributed by atoms with E-state index in [0.29, 0.717) is 44.7 Å². The Morgan fingerprint density at radius 3 is 2.24 bits per heavy atom. The van der Waals surface area contributed by atoms with E-state index < -0.39 is 24.1 Å². The van der Waals surface area contributed by atoms with Crippen molar-refractivity contribution in [2.75, 3.05) is 5.01 Å². The van der Waals surface area contributed by atoms with Gasteiger partial charge in [0.1, 0.15) is 5.82 Å². The quantitative estimate of drug-likeness (QED) is 0.117. The molecule has 0 aliphatic heterocycles. The average Bonchev–Trinajstić information content (AvgIpc) is 3.27. The molecule has 0 radical (unpaired) electrons. The molecule has 0 saturated carbocycles. The molecule has 4 aromatic carbocycles. The maximum Gasteiger partial charge on any atom is 0.423 e. The summed E-state index contributed by atoms with van der Waals surface area (Å²) >= 11 is 0. The van der Waals surface area contributed by atoms with Crippen LogP contribution in [0.25, 0.3) is 22.2 Å². The van der Waals surface area contributed by atoms with Crippen molar-refractivity contribution < 1.29 is 22.7 Å². The Bertz CT molecular complexity index is 1790. The number of fused-ring (bicyclic) bond motifs is 1. The number of hydrazone groups is 1. The second-order valence-corrected chi connectivity index (χ2v) is 9.92. The van der Waals surface area contributed by atoms with E-state index in [1.165, 1.54) is 52.0 Å². The summed E-state index contributed by atoms with van der Waals surface area (Å²) in [6.07, 6.45) is -5.09. The van der Waals surface area contributed by atoms with Gasteiger partial charge >= 0.3 is 6.18 Å². The Morgan fingerprint density at radius 1 is 0.952 bits per heavy atom. The summed E-state index contributed by atoms with van der Waals surface area (Å²) in [6.45, 7) is 4.30. The van der Waals surface area contributed by atoms with E-state index in [4.69, 9.17) is 0 Å². The molecule has 1 unspecified atom stereocenters. The van der Waals surface area contributed by atoms with Crippen LogP contribution < -0.4 is 5.01 Å². The fourth-order valence-electron chi connectivity index (χ4n) is 5.33. The van der Waals surface area contributed by atoms with Crippen LogP contribution in [0.2, 0.25) is 0 Å². The highest BCUT2D eigenvalue weighted by molar-refractivity contribution is 5.92. The van der Waals surface area contributed by atoms with Gasteiger partial charge in [0, 0.05) is 17.6 Å². The Hall–Kier alpha value is -4.94. The Morgan fingerprint density at radius 2 is 1.62 bits per heavy atom. The molecule has 0 aliphatic rings. The number of aryl methyl sites for hydroxylation is 1. The first-order valence-corrected chi connectivity index (χ1v) is 13.0. The van der Waals surface area contributed by atoms with Gasteiger partial charge in [-0.2, -0.15) is 23.5 Å². The highest BCUT2D eigenvalue weighted by Gasteiger charge is 2.55. The minimum atomic E-state index is -5.07. The second-order valence-electron chi connectivity index (χ2n) is 9.92. The largest absolute Gasteiger partial charge is 0.423 e. The highest BCUT2D eigenvalue weighted by Crippen LogP contribution is 2.45. The lowest BCUT2D eigenvalue weighted by molar-refractivity contribution is -0.271. The molecule has 0 spiro atoms. The first-order chi connectivity index (χ1) is 20.1. The zero-order chi connectivity index (χ0) is 30.1. The normalized spacial score (nSPS) is 13.0. The van der Waals surface area contributed by atoms with Gasteiger partial charge in [-0.3, -0.25) is 0 Å². The molecule has 1 heterocycles. The van der Waals surface area contributed by atoms with Crippen molar-refractivity contribution in [3.8, 4) is 17.3 Å². The van der Waals surface area contributed by atoms with Crippen LogP contribution in [0.4, 0.5) is 28.9 Å². The Kier molecular flexibility index (Phi) is 7.59. The summed E-state index contributed by atoms with van der Waals surface area (Å²) in [6, 6.07) is 27.3. The molecule has 1 aromatic heterocycles. The van der Waals surface area contributed by atoms with Crippen molar-refractivity contribution in [3.05, 3.63) is 120 Å². The number of rotatable bonds is 8. The van der Waals surface area contributed by atoms with Gasteiger partial charge in [0.05, 0.1) is 36.1 Å². The molecule has 9 heteroatoms. The van der Waals surface area contributed by atoms with Gasteiger partial charge in [0.25, 0.3) is 0 Å². The second kappa shape index (κ2) is 11.1. The highest BCUT2D eigenvalue weighted by atomic mass is 19.4. The number of alkyl halides is 3. The van der Waals surface area contributed by atoms with Crippen molar-refractivity contribution >= 4 is 29.0 Å². The molecule has 5 aromatic rings. The number of benzene rings is 4. The molecule has 1 atom stereocenters. The van der Waals surface area contributed by atoms with Gasteiger partial charge in [-0.05, 0) is 65.6 Å². The molecule has 42 heavy (non-hydrogen) atoms. The van der Waals surface area contributed by atoms with Gasteiger partial charge in [-0.1, -0.05) is 60.7 Å². The van der Waals surface area contributed by atoms with Crippen LogP contribution in [-0.2, 0) is 18.6 Å². The average molecular weight is 571 g/mol. The van der Waals surface area contributed by atoms with Crippen LogP contribution in [0.1, 0.15) is 16.7 Å². The summed E-state index contributed by atoms with van der Waals surface area (Å²) < 4.78 is 59.7. The van der Waals surface area contributed by atoms with Gasteiger partial charge in [-0.15, -0.1) is 0 Å². The van der Waals surface area contributed by atoms with Gasteiger partial charge in [0.2, 0.25) is 5.60 Å². The number of halogens is 4. The van der Waals surface area contributed by atoms with Crippen molar-refractivity contribution in [1.82, 2.24) is 4.57 Å². The molecule has 212 valence electrons. The van der Waals surface area contributed by atoms with E-state index in [0.717, 1.165) is 0 Å². The maximum atomic E-state index is 14.9. The molecule has 0 aliphatic carbocycles. The first kappa shape index (κ1) is 28.6. The van der Waals surface area contributed by atoms with E-state index >= 15 is 0 Å². The number of anilines is 2. The van der Waals surface area contributed by atoms with E-state index in [1.807, 2.05) is 0 Å². The summed E-state index contributed by atoms with van der Waals surface area (Å²) in [5.41, 5.74) is -0.278. The smallest absolute Gasteiger partial charge is 0.375 e. The SMILES string of the molecule is C=NN(c1ccc(F)cc1)c1ccc(C(O)(Cn2c(-c3ccccc3)c(CC#N)c3ccccc32)C(F)(F)F)cc1C. The molecule has 5 nitrogen and oxygen atoms in total. The molecule has 0 amide bonds. The molecular formula is C33H26F4N4O. The third kappa shape index (κ3) is 5.01. The maximum absolute atomic E-state index is 14.9. The molecule has 0 fully saturated rings. The fourth-order valence-corrected chi connectivity index (χ4v) is 5.33. The summed E-state index contributed by atoms with van der Waals surface area (Å²) in [4.78, 5) is 0. The van der Waals surface area contributed by atoms with E-state index in [2.05, 4.69) is 17.9 Å². The molecule has 0 saturated heterocycles. The number of aromatic nitrogens is 1. The molecule has 5 rings (SSSR count). The monoisotopic (exact) mass is 570 g/mol. The van der Waals surface area contributed by atoms with E-state index in [9.17, 15) is 27.9 Å². The number of aliphatic hydroxyl groups is 1. The van der Waals surface area contributed by atoms with Crippen molar-refractivity contribution in [2.24, 2.45) is 5.10 Å². The van der Waals surface area contributed by atoms with Crippen LogP contribution in [-0.4, -0.2) is 22.6 Å². The Balaban J connectivity index is 1.67. The standard InChI is InChI=1S/C33H26F4N4O/c1-22-20-24(12-17-29(22)41(39-2)26-15-13-25(34)14-16-26)32(42,33(35,36)37)21-40-30-11-7-6-10-27(30)28(18-19-38)31(40)23-8-4-3-5-9-23/h3-17,20,42H,2,18,21H2,1H3. The number of hydrogen-bond acceptors (Lipinski definition) is 4. The van der Waals surface area contributed by atoms with Gasteiger partial charge in [-0.25, -0.2) is 9.40 Å². The zero-order valence-electron chi connectivity index (χ0n) is 22.6. The molecular weight excluding hydrogens is 544 g/mol. The third-order valence-corrected chi connectivity index (χ3v) is 7.35. The lowest BCUT2D eigenvalue weighted by Crippen LogP contribution is -2.46. The predicted molar refractivity (Wildman–Crippen MR) is 156 cm³/mol. The van der Waals surface area contributed by atoms with Gasteiger partial charge in [0.15, 0.2) is 0 Å². The predicted octanol–water partition coefficient (Wildman–Crippen LogP) is 8.03. The summed E-state index contributed by atoms with van der Waals surface area (Å²) in [5, 5.41) is 27.2. The minimum Gasteiger partial charge on any atom is -0.375 e. The topological polar surface area (TPSA) is 64.5 Å². The number of nitriles is 1. The number of hydrogen-bond donors (Lipinski definition) is 1. The third-order valence-electron chi connectivity index (χ3n) is 7.35. The van der Waals surface area contributed by atoms with Crippen molar-refractivity contribution in [2.45, 2.75) is 31.7 Å². The van der Waals surface area contributed by atoms with E-state index in [-0.39, 0.29) is 12.0 Å². The molecule has 0 bridgehead atoms. The summed E-state index contributed by atoms with van der Waals surface area (Å²) in [7, 11) is 0. The summed E-state index contributed by atoms with van der Waals surface area (Å²) in [5.74, 6) is -0.449. The van der Waals surface area contributed by atoms with E-state index in [1.54, 1.807) is 61.5 Å². The minimum absolute atomic E-state index is 0.0240. The lowest BCUT2D eigenvalue weighted by Gasteiger charge is -2.33. The van der Waals surface area contributed by atoms with Crippen molar-refractivity contribution in [1.29, 1.82) is 5.26 Å². The Labute approximate surface area is 240 Å². The van der Waals surface area contributed by atoms with Gasteiger partial charge < -0.3 is 9.67 Å². The number of nitrogens with zero attached hydrogens (tertiary/aromatic N) is 4. The fraction of sp³-hybridized carbons (Fsp3) is 0.152. The van der Waals surface area contributed by atoms with Crippen LogP contribution in [0.15, 0.2) is 102 Å². The van der Waals surface area contributed by atoms with Crippen LogP contribution in [0, 0.1) is 24.1 Å². The number of para-hydroxylation sites is 1. The van der Waals surface area contributed by atoms with Crippen LogP contribution in [0.3, 0.4) is 0 Å².